The fourth-order valence-corrected chi connectivity index (χ4v) is 2.66. The van der Waals surface area contributed by atoms with E-state index in [0.29, 0.717) is 11.6 Å². The average Bonchev–Trinajstić information content (AvgIpc) is 2.68. The Morgan fingerprint density at radius 3 is 2.54 bits per heavy atom. The largest absolute Gasteiger partial charge is 0.355 e. The standard InChI is InChI=1S/C19H15ClFN5O2/c1-22-18(27)11-10-24-16(26-15-7-2-3-8-23-15)9-14(11)25-19(28)17-12(20)5-4-6-13(17)21/h2-10H,1H3,(H,22,27)(H2,23,24,25,26,28). The van der Waals surface area contributed by atoms with Gasteiger partial charge in [-0.2, -0.15) is 0 Å². The van der Waals surface area contributed by atoms with Crippen molar-refractivity contribution in [1.82, 2.24) is 15.3 Å². The maximum atomic E-state index is 14.0. The number of rotatable bonds is 5. The number of benzene rings is 1. The number of anilines is 3. The van der Waals surface area contributed by atoms with Crippen molar-refractivity contribution in [1.29, 1.82) is 0 Å². The van der Waals surface area contributed by atoms with Crippen LogP contribution in [0.5, 0.6) is 0 Å². The molecule has 28 heavy (non-hydrogen) atoms. The van der Waals surface area contributed by atoms with Gasteiger partial charge in [-0.25, -0.2) is 14.4 Å². The summed E-state index contributed by atoms with van der Waals surface area (Å²) in [5.41, 5.74) is -0.0740. The Morgan fingerprint density at radius 2 is 1.86 bits per heavy atom. The Bertz CT molecular complexity index is 1010. The van der Waals surface area contributed by atoms with Crippen LogP contribution in [-0.4, -0.2) is 28.8 Å². The fraction of sp³-hybridized carbons (Fsp3) is 0.0526. The summed E-state index contributed by atoms with van der Waals surface area (Å²) in [7, 11) is 1.45. The first-order chi connectivity index (χ1) is 13.5. The van der Waals surface area contributed by atoms with Gasteiger partial charge in [-0.1, -0.05) is 23.7 Å². The van der Waals surface area contributed by atoms with Gasteiger partial charge >= 0.3 is 0 Å². The number of nitrogens with one attached hydrogen (secondary N) is 3. The molecule has 0 aliphatic heterocycles. The molecule has 0 aliphatic carbocycles. The van der Waals surface area contributed by atoms with Crippen LogP contribution in [0.25, 0.3) is 0 Å². The van der Waals surface area contributed by atoms with Crippen LogP contribution < -0.4 is 16.0 Å². The Morgan fingerprint density at radius 1 is 1.04 bits per heavy atom. The topological polar surface area (TPSA) is 96.0 Å². The predicted octanol–water partition coefficient (Wildman–Crippen LogP) is 3.62. The van der Waals surface area contributed by atoms with Gasteiger partial charge in [0, 0.05) is 25.5 Å². The lowest BCUT2D eigenvalue weighted by Gasteiger charge is -2.13. The number of carbonyl (C=O) groups is 2. The normalized spacial score (nSPS) is 10.2. The number of carbonyl (C=O) groups excluding carboxylic acids is 2. The van der Waals surface area contributed by atoms with E-state index >= 15 is 0 Å². The summed E-state index contributed by atoms with van der Waals surface area (Å²) in [6.07, 6.45) is 2.90. The van der Waals surface area contributed by atoms with Gasteiger partial charge in [-0.15, -0.1) is 0 Å². The van der Waals surface area contributed by atoms with Crippen molar-refractivity contribution in [2.75, 3.05) is 17.7 Å². The van der Waals surface area contributed by atoms with E-state index in [-0.39, 0.29) is 21.8 Å². The minimum atomic E-state index is -0.789. The third kappa shape index (κ3) is 4.24. The van der Waals surface area contributed by atoms with Crippen molar-refractivity contribution in [3.8, 4) is 0 Å². The van der Waals surface area contributed by atoms with Crippen LogP contribution in [0.2, 0.25) is 5.02 Å². The Kier molecular flexibility index (Phi) is 5.81. The van der Waals surface area contributed by atoms with Crippen LogP contribution in [0.1, 0.15) is 20.7 Å². The third-order valence-corrected chi connectivity index (χ3v) is 4.05. The third-order valence-electron chi connectivity index (χ3n) is 3.73. The predicted molar refractivity (Wildman–Crippen MR) is 105 cm³/mol. The number of aromatic nitrogens is 2. The Hall–Kier alpha value is -3.52. The summed E-state index contributed by atoms with van der Waals surface area (Å²) < 4.78 is 14.0. The quantitative estimate of drug-likeness (QED) is 0.609. The smallest absolute Gasteiger partial charge is 0.260 e. The highest BCUT2D eigenvalue weighted by molar-refractivity contribution is 6.34. The highest BCUT2D eigenvalue weighted by atomic mass is 35.5. The maximum Gasteiger partial charge on any atom is 0.260 e. The molecule has 2 aromatic heterocycles. The lowest BCUT2D eigenvalue weighted by atomic mass is 10.1. The monoisotopic (exact) mass is 399 g/mol. The lowest BCUT2D eigenvalue weighted by Crippen LogP contribution is -2.22. The van der Waals surface area contributed by atoms with Crippen molar-refractivity contribution in [3.63, 3.8) is 0 Å². The van der Waals surface area contributed by atoms with Crippen molar-refractivity contribution in [2.45, 2.75) is 0 Å². The minimum Gasteiger partial charge on any atom is -0.355 e. The van der Waals surface area contributed by atoms with E-state index in [1.54, 1.807) is 24.4 Å². The first-order valence-electron chi connectivity index (χ1n) is 8.15. The van der Waals surface area contributed by atoms with E-state index in [9.17, 15) is 14.0 Å². The maximum absolute atomic E-state index is 14.0. The van der Waals surface area contributed by atoms with Gasteiger partial charge in [-0.3, -0.25) is 9.59 Å². The molecule has 0 saturated carbocycles. The molecule has 0 aliphatic rings. The molecule has 3 N–H and O–H groups in total. The molecule has 1 aromatic carbocycles. The Labute approximate surface area is 165 Å². The van der Waals surface area contributed by atoms with Gasteiger partial charge in [0.2, 0.25) is 0 Å². The van der Waals surface area contributed by atoms with Crippen molar-refractivity contribution >= 4 is 40.7 Å². The van der Waals surface area contributed by atoms with E-state index in [1.807, 2.05) is 0 Å². The van der Waals surface area contributed by atoms with Gasteiger partial charge in [0.15, 0.2) is 0 Å². The number of hydrogen-bond donors (Lipinski definition) is 3. The molecule has 0 fully saturated rings. The molecular formula is C19H15ClFN5O2. The van der Waals surface area contributed by atoms with Crippen LogP contribution in [0.3, 0.4) is 0 Å². The minimum absolute atomic E-state index is 0.0418. The zero-order valence-corrected chi connectivity index (χ0v) is 15.4. The second kappa shape index (κ2) is 8.45. The summed E-state index contributed by atoms with van der Waals surface area (Å²) in [5.74, 6) is -1.17. The molecule has 0 saturated heterocycles. The van der Waals surface area contributed by atoms with Gasteiger partial charge in [0.1, 0.15) is 17.5 Å². The Balaban J connectivity index is 1.95. The van der Waals surface area contributed by atoms with Crippen LogP contribution in [0.4, 0.5) is 21.7 Å². The molecule has 2 amide bonds. The molecule has 3 aromatic rings. The first-order valence-corrected chi connectivity index (χ1v) is 8.53. The number of halogens is 2. The lowest BCUT2D eigenvalue weighted by molar-refractivity contribution is 0.0963. The van der Waals surface area contributed by atoms with Crippen LogP contribution >= 0.6 is 11.6 Å². The highest BCUT2D eigenvalue weighted by Crippen LogP contribution is 2.24. The second-order valence-electron chi connectivity index (χ2n) is 5.59. The van der Waals surface area contributed by atoms with Gasteiger partial charge in [-0.05, 0) is 24.3 Å². The molecule has 0 unspecified atom stereocenters. The molecule has 3 rings (SSSR count). The van der Waals surface area contributed by atoms with Crippen LogP contribution in [0, 0.1) is 5.82 Å². The van der Waals surface area contributed by atoms with E-state index < -0.39 is 17.6 Å². The van der Waals surface area contributed by atoms with E-state index in [4.69, 9.17) is 11.6 Å². The number of nitrogens with zero attached hydrogens (tertiary/aromatic N) is 2. The molecule has 0 atom stereocenters. The molecule has 2 heterocycles. The zero-order valence-electron chi connectivity index (χ0n) is 14.7. The molecule has 0 bridgehead atoms. The van der Waals surface area contributed by atoms with E-state index in [0.717, 1.165) is 6.07 Å². The summed E-state index contributed by atoms with van der Waals surface area (Å²) in [6.45, 7) is 0. The van der Waals surface area contributed by atoms with E-state index in [2.05, 4.69) is 25.9 Å². The number of hydrogen-bond acceptors (Lipinski definition) is 5. The van der Waals surface area contributed by atoms with Crippen molar-refractivity contribution in [2.24, 2.45) is 0 Å². The fourth-order valence-electron chi connectivity index (χ4n) is 2.41. The van der Waals surface area contributed by atoms with E-state index in [1.165, 1.54) is 31.4 Å². The highest BCUT2D eigenvalue weighted by Gasteiger charge is 2.19. The molecule has 0 radical (unpaired) electrons. The SMILES string of the molecule is CNC(=O)c1cnc(Nc2ccccn2)cc1NC(=O)c1c(F)cccc1Cl. The van der Waals surface area contributed by atoms with Crippen LogP contribution in [-0.2, 0) is 0 Å². The summed E-state index contributed by atoms with van der Waals surface area (Å²) in [5, 5.41) is 7.91. The van der Waals surface area contributed by atoms with Gasteiger partial charge < -0.3 is 16.0 Å². The second-order valence-corrected chi connectivity index (χ2v) is 5.99. The number of pyridine rings is 2. The van der Waals surface area contributed by atoms with Gasteiger partial charge in [0.25, 0.3) is 11.8 Å². The zero-order chi connectivity index (χ0) is 20.1. The number of amides is 2. The first kappa shape index (κ1) is 19.2. The summed E-state index contributed by atoms with van der Waals surface area (Å²) in [4.78, 5) is 33.0. The van der Waals surface area contributed by atoms with Crippen molar-refractivity contribution < 1.29 is 14.0 Å². The molecule has 9 heteroatoms. The van der Waals surface area contributed by atoms with Crippen molar-refractivity contribution in [3.05, 3.63) is 76.8 Å². The molecule has 7 nitrogen and oxygen atoms in total. The average molecular weight is 400 g/mol. The molecule has 142 valence electrons. The summed E-state index contributed by atoms with van der Waals surface area (Å²) >= 11 is 5.95. The van der Waals surface area contributed by atoms with Gasteiger partial charge in [0.05, 0.1) is 21.8 Å². The van der Waals surface area contributed by atoms with Crippen LogP contribution in [0.15, 0.2) is 54.9 Å². The summed E-state index contributed by atoms with van der Waals surface area (Å²) in [6, 6.07) is 10.7. The molecule has 0 spiro atoms. The molecular weight excluding hydrogens is 385 g/mol.